The largest absolute Gasteiger partial charge is 0.368 e. The first kappa shape index (κ1) is 15.7. The quantitative estimate of drug-likeness (QED) is 0.817. The average Bonchev–Trinajstić information content (AvgIpc) is 3.00. The molecule has 8 nitrogen and oxygen atoms in total. The second-order valence-corrected chi connectivity index (χ2v) is 6.14. The topological polar surface area (TPSA) is 80.3 Å². The lowest BCUT2D eigenvalue weighted by Gasteiger charge is -2.35. The van der Waals surface area contributed by atoms with Crippen LogP contribution in [-0.2, 0) is 13.6 Å². The van der Waals surface area contributed by atoms with Crippen LogP contribution in [0.15, 0.2) is 21.6 Å². The van der Waals surface area contributed by atoms with E-state index < -0.39 is 0 Å². The fourth-order valence-corrected chi connectivity index (χ4v) is 2.56. The molecule has 0 aliphatic carbocycles. The Morgan fingerprint density at radius 1 is 1.26 bits per heavy atom. The third-order valence-corrected chi connectivity index (χ3v) is 4.05. The van der Waals surface area contributed by atoms with Crippen molar-refractivity contribution in [2.45, 2.75) is 26.3 Å². The molecule has 0 radical (unpaired) electrons. The first-order valence-corrected chi connectivity index (χ1v) is 7.86. The number of rotatable bonds is 4. The van der Waals surface area contributed by atoms with E-state index in [-0.39, 0.29) is 11.5 Å². The Labute approximate surface area is 134 Å². The van der Waals surface area contributed by atoms with Gasteiger partial charge in [-0.25, -0.2) is 4.68 Å². The maximum Gasteiger partial charge on any atom is 0.268 e. The first-order chi connectivity index (χ1) is 11.0. The normalized spacial score (nSPS) is 16.3. The van der Waals surface area contributed by atoms with Crippen LogP contribution in [0.5, 0.6) is 0 Å². The van der Waals surface area contributed by atoms with Crippen molar-refractivity contribution in [3.63, 3.8) is 0 Å². The van der Waals surface area contributed by atoms with Crippen LogP contribution >= 0.6 is 0 Å². The van der Waals surface area contributed by atoms with Crippen LogP contribution in [0.2, 0.25) is 0 Å². The lowest BCUT2D eigenvalue weighted by atomic mass is 10.2. The molecule has 1 fully saturated rings. The van der Waals surface area contributed by atoms with E-state index in [1.54, 1.807) is 19.3 Å². The molecule has 0 spiro atoms. The Morgan fingerprint density at radius 2 is 2.00 bits per heavy atom. The van der Waals surface area contributed by atoms with E-state index in [1.165, 1.54) is 4.68 Å². The molecule has 1 aliphatic heterocycles. The van der Waals surface area contributed by atoms with E-state index >= 15 is 0 Å². The molecule has 1 saturated heterocycles. The molecule has 8 heteroatoms. The summed E-state index contributed by atoms with van der Waals surface area (Å²) in [6.45, 7) is 8.22. The van der Waals surface area contributed by atoms with E-state index in [0.717, 1.165) is 37.7 Å². The summed E-state index contributed by atoms with van der Waals surface area (Å²) in [6, 6.07) is 1.63. The van der Waals surface area contributed by atoms with Crippen LogP contribution in [0.1, 0.15) is 31.5 Å². The molecular weight excluding hydrogens is 296 g/mol. The van der Waals surface area contributed by atoms with Crippen molar-refractivity contribution in [3.05, 3.63) is 34.3 Å². The Hall–Kier alpha value is -2.22. The van der Waals surface area contributed by atoms with Gasteiger partial charge in [0.25, 0.3) is 5.56 Å². The number of aromatic nitrogens is 4. The fraction of sp³-hybridized carbons (Fsp3) is 0.600. The standard InChI is InChI=1S/C15H22N6O2/c1-11(2)15-17-13(23-18-15)10-20-4-6-21(7-5-20)12-8-14(22)19(3)16-9-12/h8-9,11H,4-7,10H2,1-3H3. The maximum atomic E-state index is 11.7. The van der Waals surface area contributed by atoms with Gasteiger partial charge in [0.1, 0.15) is 0 Å². The molecule has 0 amide bonds. The molecule has 3 rings (SSSR count). The van der Waals surface area contributed by atoms with Crippen LogP contribution < -0.4 is 10.5 Å². The van der Waals surface area contributed by atoms with Gasteiger partial charge in [0.05, 0.1) is 18.4 Å². The van der Waals surface area contributed by atoms with Crippen LogP contribution in [0.4, 0.5) is 5.69 Å². The van der Waals surface area contributed by atoms with E-state index in [4.69, 9.17) is 4.52 Å². The Kier molecular flexibility index (Phi) is 4.42. The molecule has 2 aromatic heterocycles. The molecule has 23 heavy (non-hydrogen) atoms. The molecule has 0 aromatic carbocycles. The summed E-state index contributed by atoms with van der Waals surface area (Å²) in [5.74, 6) is 1.69. The minimum absolute atomic E-state index is 0.0861. The third-order valence-electron chi connectivity index (χ3n) is 4.05. The first-order valence-electron chi connectivity index (χ1n) is 7.86. The van der Waals surface area contributed by atoms with Crippen molar-refractivity contribution in [3.8, 4) is 0 Å². The lowest BCUT2D eigenvalue weighted by Crippen LogP contribution is -2.46. The zero-order chi connectivity index (χ0) is 16.4. The van der Waals surface area contributed by atoms with Crippen LogP contribution in [-0.4, -0.2) is 51.0 Å². The number of anilines is 1. The molecule has 0 atom stereocenters. The monoisotopic (exact) mass is 318 g/mol. The highest BCUT2D eigenvalue weighted by molar-refractivity contribution is 5.43. The lowest BCUT2D eigenvalue weighted by molar-refractivity contribution is 0.215. The van der Waals surface area contributed by atoms with E-state index in [0.29, 0.717) is 12.4 Å². The van der Waals surface area contributed by atoms with Gasteiger partial charge >= 0.3 is 0 Å². The molecular formula is C15H22N6O2. The molecule has 0 saturated carbocycles. The van der Waals surface area contributed by atoms with Gasteiger partial charge in [-0.2, -0.15) is 10.1 Å². The van der Waals surface area contributed by atoms with Gasteiger partial charge in [-0.1, -0.05) is 19.0 Å². The summed E-state index contributed by atoms with van der Waals surface area (Å²) in [7, 11) is 1.65. The summed E-state index contributed by atoms with van der Waals surface area (Å²) in [5.41, 5.74) is 0.796. The molecule has 0 bridgehead atoms. The zero-order valence-corrected chi connectivity index (χ0v) is 13.8. The van der Waals surface area contributed by atoms with Gasteiger partial charge in [-0.3, -0.25) is 9.69 Å². The second-order valence-electron chi connectivity index (χ2n) is 6.14. The number of nitrogens with zero attached hydrogens (tertiary/aromatic N) is 6. The SMILES string of the molecule is CC(C)c1noc(CN2CCN(c3cnn(C)c(=O)c3)CC2)n1. The van der Waals surface area contributed by atoms with Crippen LogP contribution in [0, 0.1) is 0 Å². The molecule has 124 valence electrons. The molecule has 3 heterocycles. The van der Waals surface area contributed by atoms with Gasteiger partial charge in [0, 0.05) is 45.2 Å². The van der Waals surface area contributed by atoms with Crippen molar-refractivity contribution in [2.24, 2.45) is 7.05 Å². The van der Waals surface area contributed by atoms with Gasteiger partial charge in [-0.05, 0) is 0 Å². The number of hydrogen-bond acceptors (Lipinski definition) is 7. The predicted molar refractivity (Wildman–Crippen MR) is 85.4 cm³/mol. The van der Waals surface area contributed by atoms with E-state index in [1.807, 2.05) is 13.8 Å². The van der Waals surface area contributed by atoms with E-state index in [9.17, 15) is 4.79 Å². The minimum Gasteiger partial charge on any atom is -0.368 e. The van der Waals surface area contributed by atoms with E-state index in [2.05, 4.69) is 25.0 Å². The van der Waals surface area contributed by atoms with Gasteiger partial charge < -0.3 is 9.42 Å². The van der Waals surface area contributed by atoms with Crippen molar-refractivity contribution in [1.82, 2.24) is 24.8 Å². The van der Waals surface area contributed by atoms with Gasteiger partial charge in [0.15, 0.2) is 5.82 Å². The zero-order valence-electron chi connectivity index (χ0n) is 13.8. The minimum atomic E-state index is -0.0861. The smallest absolute Gasteiger partial charge is 0.268 e. The number of piperazine rings is 1. The van der Waals surface area contributed by atoms with Crippen LogP contribution in [0.3, 0.4) is 0 Å². The highest BCUT2D eigenvalue weighted by Gasteiger charge is 2.20. The van der Waals surface area contributed by atoms with Crippen molar-refractivity contribution in [1.29, 1.82) is 0 Å². The van der Waals surface area contributed by atoms with Crippen molar-refractivity contribution < 1.29 is 4.52 Å². The highest BCUT2D eigenvalue weighted by atomic mass is 16.5. The van der Waals surface area contributed by atoms with Crippen molar-refractivity contribution >= 4 is 5.69 Å². The Morgan fingerprint density at radius 3 is 2.61 bits per heavy atom. The predicted octanol–water partition coefficient (Wildman–Crippen LogP) is 0.609. The highest BCUT2D eigenvalue weighted by Crippen LogP contribution is 2.15. The summed E-state index contributed by atoms with van der Waals surface area (Å²) in [4.78, 5) is 20.6. The Balaban J connectivity index is 1.57. The molecule has 2 aromatic rings. The van der Waals surface area contributed by atoms with Gasteiger partial charge in [0.2, 0.25) is 5.89 Å². The van der Waals surface area contributed by atoms with Gasteiger partial charge in [-0.15, -0.1) is 0 Å². The summed E-state index contributed by atoms with van der Waals surface area (Å²) < 4.78 is 6.63. The molecule has 0 unspecified atom stereocenters. The average molecular weight is 318 g/mol. The number of aryl methyl sites for hydroxylation is 1. The Bertz CT molecular complexity index is 715. The maximum absolute atomic E-state index is 11.7. The molecule has 1 aliphatic rings. The summed E-state index contributed by atoms with van der Waals surface area (Å²) >= 11 is 0. The third kappa shape index (κ3) is 3.58. The number of hydrogen-bond donors (Lipinski definition) is 0. The second kappa shape index (κ2) is 6.49. The summed E-state index contributed by atoms with van der Waals surface area (Å²) in [5, 5.41) is 8.07. The van der Waals surface area contributed by atoms with Crippen LogP contribution in [0.25, 0.3) is 0 Å². The summed E-state index contributed by atoms with van der Waals surface area (Å²) in [6.07, 6.45) is 1.74. The van der Waals surface area contributed by atoms with Crippen molar-refractivity contribution in [2.75, 3.05) is 31.1 Å². The fourth-order valence-electron chi connectivity index (χ4n) is 2.56. The molecule has 0 N–H and O–H groups in total.